The standard InChI is InChI=1S/C9H10N2O6.Na.H2O.H/c1-3(2)11-5(8(15)16)4(7(13)14)6(12)10-9(11)17;;;/h3H,1-2H3,(H,13,14)(H,15,16)(H,10,12,17);;1H2;/q;+1;;-1. The summed E-state index contributed by atoms with van der Waals surface area (Å²) >= 11 is 0. The third kappa shape index (κ3) is 3.77. The van der Waals surface area contributed by atoms with Crippen LogP contribution < -0.4 is 40.8 Å². The van der Waals surface area contributed by atoms with E-state index in [0.29, 0.717) is 4.57 Å². The van der Waals surface area contributed by atoms with Crippen LogP contribution in [0.2, 0.25) is 0 Å². The topological polar surface area (TPSA) is 161 Å². The zero-order valence-corrected chi connectivity index (χ0v) is 12.6. The fourth-order valence-corrected chi connectivity index (χ4v) is 1.45. The molecule has 0 atom stereocenters. The molecular formula is C9H13N2NaO7. The van der Waals surface area contributed by atoms with E-state index in [1.807, 2.05) is 0 Å². The average Bonchev–Trinajstić information content (AvgIpc) is 2.14. The minimum Gasteiger partial charge on any atom is -1.00 e. The average molecular weight is 284 g/mol. The Labute approximate surface area is 130 Å². The van der Waals surface area contributed by atoms with E-state index in [1.54, 1.807) is 4.98 Å². The molecule has 0 aliphatic heterocycles. The fourth-order valence-electron chi connectivity index (χ4n) is 1.45. The van der Waals surface area contributed by atoms with Gasteiger partial charge in [-0.3, -0.25) is 14.3 Å². The van der Waals surface area contributed by atoms with Crippen LogP contribution in [0.25, 0.3) is 0 Å². The van der Waals surface area contributed by atoms with Gasteiger partial charge >= 0.3 is 47.2 Å². The summed E-state index contributed by atoms with van der Waals surface area (Å²) in [4.78, 5) is 46.3. The Morgan fingerprint density at radius 2 is 1.68 bits per heavy atom. The summed E-state index contributed by atoms with van der Waals surface area (Å²) < 4.78 is 0.715. The Morgan fingerprint density at radius 1 is 1.21 bits per heavy atom. The number of carbonyl (C=O) groups is 2. The first kappa shape index (κ1) is 19.9. The molecule has 0 aliphatic carbocycles. The van der Waals surface area contributed by atoms with E-state index in [4.69, 9.17) is 10.2 Å². The van der Waals surface area contributed by atoms with Gasteiger partial charge in [-0.05, 0) is 13.8 Å². The van der Waals surface area contributed by atoms with Crippen LogP contribution >= 0.6 is 0 Å². The first-order chi connectivity index (χ1) is 7.77. The smallest absolute Gasteiger partial charge is 1.00 e. The van der Waals surface area contributed by atoms with E-state index in [0.717, 1.165) is 0 Å². The Morgan fingerprint density at radius 3 is 2.00 bits per heavy atom. The molecule has 0 radical (unpaired) electrons. The van der Waals surface area contributed by atoms with Gasteiger partial charge in [-0.25, -0.2) is 14.4 Å². The Hall–Kier alpha value is -1.42. The van der Waals surface area contributed by atoms with E-state index < -0.39 is 40.5 Å². The van der Waals surface area contributed by atoms with Gasteiger partial charge in [0.05, 0.1) is 0 Å². The molecule has 1 aromatic rings. The summed E-state index contributed by atoms with van der Waals surface area (Å²) in [7, 11) is 0. The van der Waals surface area contributed by atoms with Crippen molar-refractivity contribution in [2.75, 3.05) is 0 Å². The summed E-state index contributed by atoms with van der Waals surface area (Å²) in [6.07, 6.45) is 0. The molecule has 5 N–H and O–H groups in total. The minimum atomic E-state index is -1.70. The number of carboxylic acid groups (broad SMARTS) is 2. The molecule has 19 heavy (non-hydrogen) atoms. The van der Waals surface area contributed by atoms with Crippen LogP contribution in [0.15, 0.2) is 9.59 Å². The van der Waals surface area contributed by atoms with Gasteiger partial charge in [-0.1, -0.05) is 0 Å². The molecule has 0 bridgehead atoms. The zero-order chi connectivity index (χ0) is 13.3. The molecule has 1 aromatic heterocycles. The van der Waals surface area contributed by atoms with Crippen molar-refractivity contribution in [2.24, 2.45) is 0 Å². The molecular weight excluding hydrogens is 271 g/mol. The van der Waals surface area contributed by atoms with Gasteiger partial charge in [0, 0.05) is 6.04 Å². The van der Waals surface area contributed by atoms with E-state index in [2.05, 4.69) is 0 Å². The molecule has 0 fully saturated rings. The predicted molar refractivity (Wildman–Crippen MR) is 60.4 cm³/mol. The maximum atomic E-state index is 11.4. The predicted octanol–water partition coefficient (Wildman–Crippen LogP) is -4.19. The second-order valence-corrected chi connectivity index (χ2v) is 3.56. The van der Waals surface area contributed by atoms with Crippen LogP contribution in [-0.4, -0.2) is 37.2 Å². The Balaban J connectivity index is -0.000000963. The van der Waals surface area contributed by atoms with E-state index in [-0.39, 0.29) is 36.5 Å². The van der Waals surface area contributed by atoms with Crippen LogP contribution in [0.3, 0.4) is 0 Å². The maximum Gasteiger partial charge on any atom is 1.00 e. The molecule has 0 spiro atoms. The van der Waals surface area contributed by atoms with Gasteiger partial charge in [-0.15, -0.1) is 0 Å². The molecule has 10 heteroatoms. The summed E-state index contributed by atoms with van der Waals surface area (Å²) in [6.45, 7) is 3.00. The quantitative estimate of drug-likeness (QED) is 0.477. The van der Waals surface area contributed by atoms with Crippen molar-refractivity contribution in [3.8, 4) is 0 Å². The summed E-state index contributed by atoms with van der Waals surface area (Å²) in [5.41, 5.74) is -3.95. The molecule has 102 valence electrons. The summed E-state index contributed by atoms with van der Waals surface area (Å²) in [5, 5.41) is 17.7. The molecule has 0 unspecified atom stereocenters. The third-order valence-corrected chi connectivity index (χ3v) is 2.08. The van der Waals surface area contributed by atoms with E-state index >= 15 is 0 Å². The molecule has 9 nitrogen and oxygen atoms in total. The van der Waals surface area contributed by atoms with Gasteiger partial charge in [0.15, 0.2) is 11.3 Å². The number of H-pyrrole nitrogens is 1. The first-order valence-electron chi connectivity index (χ1n) is 4.62. The van der Waals surface area contributed by atoms with Gasteiger partial charge < -0.3 is 17.1 Å². The number of carboxylic acids is 2. The van der Waals surface area contributed by atoms with Crippen molar-refractivity contribution in [1.82, 2.24) is 9.55 Å². The van der Waals surface area contributed by atoms with Crippen LogP contribution in [0.5, 0.6) is 0 Å². The molecule has 0 saturated heterocycles. The molecule has 0 saturated carbocycles. The second kappa shape index (κ2) is 7.24. The number of aromatic amines is 1. The Bertz CT molecular complexity index is 607. The normalized spacial score (nSPS) is 9.42. The maximum absolute atomic E-state index is 11.4. The van der Waals surface area contributed by atoms with Crippen molar-refractivity contribution >= 4 is 11.9 Å². The first-order valence-corrected chi connectivity index (χ1v) is 4.62. The third-order valence-electron chi connectivity index (χ3n) is 2.08. The van der Waals surface area contributed by atoms with Crippen molar-refractivity contribution in [2.45, 2.75) is 19.9 Å². The number of aromatic nitrogens is 2. The molecule has 1 rings (SSSR count). The summed E-state index contributed by atoms with van der Waals surface area (Å²) in [5.74, 6) is -3.34. The van der Waals surface area contributed by atoms with Gasteiger partial charge in [0.1, 0.15) is 0 Å². The van der Waals surface area contributed by atoms with Crippen LogP contribution in [0, 0.1) is 0 Å². The van der Waals surface area contributed by atoms with Crippen molar-refractivity contribution < 1.29 is 56.3 Å². The minimum absolute atomic E-state index is 0. The van der Waals surface area contributed by atoms with Crippen LogP contribution in [0.1, 0.15) is 42.2 Å². The Kier molecular flexibility index (Phi) is 7.58. The number of hydrogen-bond donors (Lipinski definition) is 3. The number of hydrogen-bond acceptors (Lipinski definition) is 4. The van der Waals surface area contributed by atoms with Crippen molar-refractivity contribution in [3.63, 3.8) is 0 Å². The van der Waals surface area contributed by atoms with Crippen molar-refractivity contribution in [1.29, 1.82) is 0 Å². The number of nitrogens with zero attached hydrogens (tertiary/aromatic N) is 1. The molecule has 0 aliphatic rings. The van der Waals surface area contributed by atoms with Gasteiger partial charge in [0.2, 0.25) is 0 Å². The second-order valence-electron chi connectivity index (χ2n) is 3.56. The largest absolute Gasteiger partial charge is 1.00 e. The molecule has 1 heterocycles. The zero-order valence-electron chi connectivity index (χ0n) is 11.6. The molecule has 0 amide bonds. The van der Waals surface area contributed by atoms with Gasteiger partial charge in [-0.2, -0.15) is 0 Å². The van der Waals surface area contributed by atoms with E-state index in [9.17, 15) is 19.2 Å². The number of rotatable bonds is 3. The summed E-state index contributed by atoms with van der Waals surface area (Å²) in [6, 6.07) is -0.594. The SMILES string of the molecule is CC(C)n1c(C(=O)O)c(C(=O)O)c(=O)[nH]c1=O.O.[H-].[Na+]. The molecule has 0 aromatic carbocycles. The van der Waals surface area contributed by atoms with Gasteiger partial charge in [0.25, 0.3) is 5.56 Å². The van der Waals surface area contributed by atoms with Crippen LogP contribution in [-0.2, 0) is 0 Å². The van der Waals surface area contributed by atoms with Crippen LogP contribution in [0.4, 0.5) is 0 Å². The monoisotopic (exact) mass is 284 g/mol. The number of aromatic carboxylic acids is 2. The fraction of sp³-hybridized carbons (Fsp3) is 0.333. The number of nitrogens with one attached hydrogen (secondary N) is 1. The van der Waals surface area contributed by atoms with E-state index in [1.165, 1.54) is 13.8 Å². The van der Waals surface area contributed by atoms with Crippen molar-refractivity contribution in [3.05, 3.63) is 32.1 Å².